The van der Waals surface area contributed by atoms with E-state index in [-0.39, 0.29) is 27.1 Å². The van der Waals surface area contributed by atoms with Crippen molar-refractivity contribution >= 4 is 39.0 Å². The van der Waals surface area contributed by atoms with E-state index < -0.39 is 17.6 Å². The maximum Gasteiger partial charge on any atom is 0.337 e. The average Bonchev–Trinajstić information content (AvgIpc) is 2.37. The SMILES string of the molecule is Cc1cc(Nc2c(F)cc(Br)cc2F)cc(C(=O)O)c1N. The summed E-state index contributed by atoms with van der Waals surface area (Å²) in [6, 6.07) is 4.95. The van der Waals surface area contributed by atoms with E-state index in [1.807, 2.05) is 0 Å². The van der Waals surface area contributed by atoms with Crippen LogP contribution in [0.1, 0.15) is 15.9 Å². The van der Waals surface area contributed by atoms with E-state index in [2.05, 4.69) is 21.2 Å². The molecule has 0 amide bonds. The molecule has 21 heavy (non-hydrogen) atoms. The number of anilines is 3. The molecule has 0 aromatic heterocycles. The number of carbonyl (C=O) groups is 1. The number of aryl methyl sites for hydroxylation is 1. The molecule has 0 aliphatic heterocycles. The van der Waals surface area contributed by atoms with Gasteiger partial charge in [-0.15, -0.1) is 0 Å². The van der Waals surface area contributed by atoms with Gasteiger partial charge in [0.2, 0.25) is 0 Å². The molecule has 2 rings (SSSR count). The highest BCUT2D eigenvalue weighted by Gasteiger charge is 2.15. The minimum atomic E-state index is -1.21. The summed E-state index contributed by atoms with van der Waals surface area (Å²) in [6.07, 6.45) is 0. The van der Waals surface area contributed by atoms with E-state index in [9.17, 15) is 13.6 Å². The van der Waals surface area contributed by atoms with Crippen LogP contribution in [-0.2, 0) is 0 Å². The highest BCUT2D eigenvalue weighted by atomic mass is 79.9. The molecule has 0 unspecified atom stereocenters. The Morgan fingerprint density at radius 3 is 2.33 bits per heavy atom. The minimum Gasteiger partial charge on any atom is -0.478 e. The zero-order valence-electron chi connectivity index (χ0n) is 10.9. The molecule has 2 aromatic rings. The van der Waals surface area contributed by atoms with E-state index in [0.717, 1.165) is 12.1 Å². The third-order valence-electron chi connectivity index (χ3n) is 2.89. The average molecular weight is 357 g/mol. The second-order valence-corrected chi connectivity index (χ2v) is 5.34. The van der Waals surface area contributed by atoms with Gasteiger partial charge in [0.05, 0.1) is 5.56 Å². The normalized spacial score (nSPS) is 10.5. The Morgan fingerprint density at radius 1 is 1.24 bits per heavy atom. The third kappa shape index (κ3) is 3.13. The molecule has 4 nitrogen and oxygen atoms in total. The number of hydrogen-bond donors (Lipinski definition) is 3. The molecule has 2 aromatic carbocycles. The van der Waals surface area contributed by atoms with Crippen molar-refractivity contribution in [1.82, 2.24) is 0 Å². The van der Waals surface area contributed by atoms with Crippen LogP contribution in [0.4, 0.5) is 25.8 Å². The molecule has 0 atom stereocenters. The maximum absolute atomic E-state index is 13.8. The van der Waals surface area contributed by atoms with Crippen LogP contribution < -0.4 is 11.1 Å². The number of benzene rings is 2. The standard InChI is InChI=1S/C14H11BrF2N2O2/c1-6-2-8(5-9(12(6)18)14(20)21)19-13-10(16)3-7(15)4-11(13)17/h2-5,19H,18H2,1H3,(H,20,21). The number of hydrogen-bond acceptors (Lipinski definition) is 3. The molecule has 7 heteroatoms. The first-order valence-corrected chi connectivity index (χ1v) is 6.64. The van der Waals surface area contributed by atoms with Crippen LogP contribution in [-0.4, -0.2) is 11.1 Å². The van der Waals surface area contributed by atoms with Crippen molar-refractivity contribution < 1.29 is 18.7 Å². The first kappa shape index (κ1) is 15.2. The molecule has 0 aliphatic rings. The van der Waals surface area contributed by atoms with Gasteiger partial charge in [-0.1, -0.05) is 15.9 Å². The molecule has 4 N–H and O–H groups in total. The van der Waals surface area contributed by atoms with Crippen molar-refractivity contribution in [2.24, 2.45) is 0 Å². The molecule has 110 valence electrons. The molecule has 0 saturated heterocycles. The third-order valence-corrected chi connectivity index (χ3v) is 3.35. The highest BCUT2D eigenvalue weighted by Crippen LogP contribution is 2.29. The number of halogens is 3. The molecule has 0 spiro atoms. The van der Waals surface area contributed by atoms with E-state index in [1.165, 1.54) is 12.1 Å². The zero-order chi connectivity index (χ0) is 15.7. The number of nitrogen functional groups attached to an aromatic ring is 1. The van der Waals surface area contributed by atoms with E-state index in [0.29, 0.717) is 5.56 Å². The van der Waals surface area contributed by atoms with Gasteiger partial charge < -0.3 is 16.2 Å². The van der Waals surface area contributed by atoms with Gasteiger partial charge in [-0.25, -0.2) is 13.6 Å². The zero-order valence-corrected chi connectivity index (χ0v) is 12.5. The lowest BCUT2D eigenvalue weighted by Gasteiger charge is -2.13. The van der Waals surface area contributed by atoms with Crippen molar-refractivity contribution in [3.05, 3.63) is 51.5 Å². The lowest BCUT2D eigenvalue weighted by atomic mass is 10.1. The quantitative estimate of drug-likeness (QED) is 0.725. The summed E-state index contributed by atoms with van der Waals surface area (Å²) in [5, 5.41) is 11.6. The highest BCUT2D eigenvalue weighted by molar-refractivity contribution is 9.10. The van der Waals surface area contributed by atoms with Gasteiger partial charge in [0.25, 0.3) is 0 Å². The van der Waals surface area contributed by atoms with Crippen molar-refractivity contribution in [1.29, 1.82) is 0 Å². The van der Waals surface area contributed by atoms with Gasteiger partial charge >= 0.3 is 5.97 Å². The van der Waals surface area contributed by atoms with Crippen molar-refractivity contribution in [2.75, 3.05) is 11.1 Å². The summed E-state index contributed by atoms with van der Waals surface area (Å²) < 4.78 is 27.8. The van der Waals surface area contributed by atoms with Crippen LogP contribution in [0.5, 0.6) is 0 Å². The summed E-state index contributed by atoms with van der Waals surface area (Å²) in [5.41, 5.74) is 6.02. The monoisotopic (exact) mass is 356 g/mol. The second-order valence-electron chi connectivity index (χ2n) is 4.43. The second kappa shape index (κ2) is 5.69. The number of rotatable bonds is 3. The number of nitrogens with one attached hydrogen (secondary N) is 1. The van der Waals surface area contributed by atoms with Crippen LogP contribution in [0.2, 0.25) is 0 Å². The first-order chi connectivity index (χ1) is 9.79. The maximum atomic E-state index is 13.8. The van der Waals surface area contributed by atoms with E-state index in [1.54, 1.807) is 6.92 Å². The summed E-state index contributed by atoms with van der Waals surface area (Å²) in [5.74, 6) is -2.81. The van der Waals surface area contributed by atoms with Gasteiger partial charge in [0, 0.05) is 15.8 Å². The number of nitrogens with two attached hydrogens (primary N) is 1. The van der Waals surface area contributed by atoms with Gasteiger partial charge in [-0.3, -0.25) is 0 Å². The fourth-order valence-corrected chi connectivity index (χ4v) is 2.26. The molecule has 0 aliphatic carbocycles. The van der Waals surface area contributed by atoms with Crippen LogP contribution >= 0.6 is 15.9 Å². The largest absolute Gasteiger partial charge is 0.478 e. The van der Waals surface area contributed by atoms with Crippen molar-refractivity contribution in [3.8, 4) is 0 Å². The Labute approximate surface area is 127 Å². The fourth-order valence-electron chi connectivity index (χ4n) is 1.85. The lowest BCUT2D eigenvalue weighted by molar-refractivity contribution is 0.0698. The summed E-state index contributed by atoms with van der Waals surface area (Å²) in [6.45, 7) is 1.61. The Balaban J connectivity index is 2.48. The number of aromatic carboxylic acids is 1. The summed E-state index contributed by atoms with van der Waals surface area (Å²) in [7, 11) is 0. The predicted octanol–water partition coefficient (Wildman–Crippen LogP) is 4.06. The number of carboxylic acid groups (broad SMARTS) is 1. The molecule has 0 radical (unpaired) electrons. The Kier molecular flexibility index (Phi) is 4.13. The van der Waals surface area contributed by atoms with Crippen LogP contribution in [0.15, 0.2) is 28.7 Å². The Bertz CT molecular complexity index is 712. The molecular weight excluding hydrogens is 346 g/mol. The predicted molar refractivity (Wildman–Crippen MR) is 79.9 cm³/mol. The van der Waals surface area contributed by atoms with Gasteiger partial charge in [0.1, 0.15) is 5.69 Å². The fraction of sp³-hybridized carbons (Fsp3) is 0.0714. The van der Waals surface area contributed by atoms with E-state index >= 15 is 0 Å². The molecule has 0 heterocycles. The molecule has 0 saturated carbocycles. The van der Waals surface area contributed by atoms with E-state index in [4.69, 9.17) is 10.8 Å². The first-order valence-electron chi connectivity index (χ1n) is 5.84. The Hall–Kier alpha value is -2.15. The number of carboxylic acids is 1. The van der Waals surface area contributed by atoms with Crippen LogP contribution in [0, 0.1) is 18.6 Å². The summed E-state index contributed by atoms with van der Waals surface area (Å²) in [4.78, 5) is 11.1. The van der Waals surface area contributed by atoms with Crippen molar-refractivity contribution in [2.45, 2.75) is 6.92 Å². The molecular formula is C14H11BrF2N2O2. The van der Waals surface area contributed by atoms with Crippen LogP contribution in [0.3, 0.4) is 0 Å². The van der Waals surface area contributed by atoms with Gasteiger partial charge in [0.15, 0.2) is 11.6 Å². The Morgan fingerprint density at radius 2 is 1.81 bits per heavy atom. The van der Waals surface area contributed by atoms with Gasteiger partial charge in [-0.2, -0.15) is 0 Å². The lowest BCUT2D eigenvalue weighted by Crippen LogP contribution is -2.06. The molecule has 0 bridgehead atoms. The topological polar surface area (TPSA) is 75.3 Å². The van der Waals surface area contributed by atoms with Crippen molar-refractivity contribution in [3.63, 3.8) is 0 Å². The van der Waals surface area contributed by atoms with Gasteiger partial charge in [-0.05, 0) is 36.8 Å². The smallest absolute Gasteiger partial charge is 0.337 e. The minimum absolute atomic E-state index is 0.116. The molecule has 0 fully saturated rings. The van der Waals surface area contributed by atoms with Crippen LogP contribution in [0.25, 0.3) is 0 Å². The summed E-state index contributed by atoms with van der Waals surface area (Å²) >= 11 is 2.98.